The van der Waals surface area contributed by atoms with Gasteiger partial charge >= 0.3 is 0 Å². The van der Waals surface area contributed by atoms with Crippen molar-refractivity contribution in [2.45, 2.75) is 6.54 Å². The van der Waals surface area contributed by atoms with Gasteiger partial charge in [-0.1, -0.05) is 18.2 Å². The molecular formula is C18H15N3O3. The number of anilines is 1. The number of nitro groups is 1. The van der Waals surface area contributed by atoms with Gasteiger partial charge in [-0.05, 0) is 18.2 Å². The van der Waals surface area contributed by atoms with Gasteiger partial charge in [0.2, 0.25) is 0 Å². The minimum atomic E-state index is -0.366. The number of hydrogen-bond donors (Lipinski definition) is 0. The first-order valence-corrected chi connectivity index (χ1v) is 7.71. The molecule has 1 aromatic heterocycles. The molecule has 0 radical (unpaired) electrons. The number of rotatable bonds is 2. The van der Waals surface area contributed by atoms with Crippen molar-refractivity contribution in [2.24, 2.45) is 0 Å². The van der Waals surface area contributed by atoms with Gasteiger partial charge in [0.05, 0.1) is 16.9 Å². The number of nitrogens with zero attached hydrogens (tertiary/aromatic N) is 3. The first-order chi connectivity index (χ1) is 11.7. The lowest BCUT2D eigenvalue weighted by Crippen LogP contribution is -2.25. The molecule has 0 fully saturated rings. The van der Waals surface area contributed by atoms with Crippen molar-refractivity contribution in [1.29, 1.82) is 0 Å². The molecule has 2 heterocycles. The topological polar surface area (TPSA) is 68.5 Å². The zero-order valence-electron chi connectivity index (χ0n) is 12.9. The predicted molar refractivity (Wildman–Crippen MR) is 91.4 cm³/mol. The summed E-state index contributed by atoms with van der Waals surface area (Å²) in [7, 11) is 0. The van der Waals surface area contributed by atoms with Crippen LogP contribution >= 0.6 is 0 Å². The van der Waals surface area contributed by atoms with Gasteiger partial charge < -0.3 is 9.64 Å². The third-order valence-electron chi connectivity index (χ3n) is 4.26. The lowest BCUT2D eigenvalue weighted by molar-refractivity contribution is -0.383. The van der Waals surface area contributed by atoms with Crippen LogP contribution in [0.15, 0.2) is 54.9 Å². The summed E-state index contributed by atoms with van der Waals surface area (Å²) in [6.45, 7) is 1.98. The zero-order chi connectivity index (χ0) is 16.5. The largest absolute Gasteiger partial charge is 0.491 e. The fourth-order valence-electron chi connectivity index (χ4n) is 3.13. The summed E-state index contributed by atoms with van der Waals surface area (Å²) < 4.78 is 5.81. The number of ether oxygens (including phenoxy) is 1. The first kappa shape index (κ1) is 14.4. The highest BCUT2D eigenvalue weighted by Crippen LogP contribution is 2.35. The minimum absolute atomic E-state index is 0.0772. The van der Waals surface area contributed by atoms with E-state index < -0.39 is 0 Å². The Hall–Kier alpha value is -3.15. The highest BCUT2D eigenvalue weighted by atomic mass is 16.6. The van der Waals surface area contributed by atoms with E-state index in [2.05, 4.69) is 9.88 Å². The molecule has 0 amide bonds. The standard InChI is InChI=1S/C18H15N3O3/c22-21(23)17-6-5-16(14-7-8-19-11-15(14)17)20-9-10-24-18-4-2-1-3-13(18)12-20/h1-8,11H,9-10,12H2. The smallest absolute Gasteiger partial charge is 0.278 e. The Bertz CT molecular complexity index is 926. The van der Waals surface area contributed by atoms with Crippen LogP contribution < -0.4 is 9.64 Å². The third kappa shape index (κ3) is 2.42. The Morgan fingerprint density at radius 1 is 1.12 bits per heavy atom. The zero-order valence-corrected chi connectivity index (χ0v) is 12.9. The second-order valence-corrected chi connectivity index (χ2v) is 5.66. The molecule has 0 saturated heterocycles. The van der Waals surface area contributed by atoms with E-state index in [4.69, 9.17) is 4.74 Å². The van der Waals surface area contributed by atoms with Gasteiger partial charge in [-0.15, -0.1) is 0 Å². The maximum absolute atomic E-state index is 11.3. The molecule has 6 nitrogen and oxygen atoms in total. The Labute approximate surface area is 138 Å². The van der Waals surface area contributed by atoms with Crippen LogP contribution in [0.25, 0.3) is 10.8 Å². The van der Waals surface area contributed by atoms with Crippen molar-refractivity contribution in [3.8, 4) is 5.75 Å². The summed E-state index contributed by atoms with van der Waals surface area (Å²) in [6, 6.07) is 13.2. The van der Waals surface area contributed by atoms with E-state index in [1.165, 1.54) is 0 Å². The Kier molecular flexibility index (Phi) is 3.49. The monoisotopic (exact) mass is 321 g/mol. The molecule has 1 aliphatic rings. The molecule has 0 saturated carbocycles. The molecule has 6 heteroatoms. The van der Waals surface area contributed by atoms with Gasteiger partial charge in [-0.3, -0.25) is 15.1 Å². The highest BCUT2D eigenvalue weighted by molar-refractivity contribution is 5.99. The van der Waals surface area contributed by atoms with Crippen LogP contribution in [0.2, 0.25) is 0 Å². The van der Waals surface area contributed by atoms with E-state index in [9.17, 15) is 10.1 Å². The third-order valence-corrected chi connectivity index (χ3v) is 4.26. The van der Waals surface area contributed by atoms with Crippen LogP contribution in [0.5, 0.6) is 5.75 Å². The Morgan fingerprint density at radius 3 is 2.88 bits per heavy atom. The summed E-state index contributed by atoms with van der Waals surface area (Å²) in [5, 5.41) is 12.7. The molecule has 0 N–H and O–H groups in total. The average Bonchev–Trinajstić information content (AvgIpc) is 2.82. The second kappa shape index (κ2) is 5.81. The lowest BCUT2D eigenvalue weighted by atomic mass is 10.1. The number of pyridine rings is 1. The van der Waals surface area contributed by atoms with Crippen molar-refractivity contribution < 1.29 is 9.66 Å². The number of hydrogen-bond acceptors (Lipinski definition) is 5. The van der Waals surface area contributed by atoms with Crippen LogP contribution in [0, 0.1) is 10.1 Å². The van der Waals surface area contributed by atoms with Crippen molar-refractivity contribution in [3.05, 3.63) is 70.5 Å². The number of aromatic nitrogens is 1. The summed E-state index contributed by atoms with van der Waals surface area (Å²) in [6.07, 6.45) is 3.22. The summed E-state index contributed by atoms with van der Waals surface area (Å²) >= 11 is 0. The summed E-state index contributed by atoms with van der Waals surface area (Å²) in [5.74, 6) is 0.896. The van der Waals surface area contributed by atoms with Gasteiger partial charge in [0.25, 0.3) is 5.69 Å². The molecule has 120 valence electrons. The van der Waals surface area contributed by atoms with Crippen LogP contribution in [0.3, 0.4) is 0 Å². The van der Waals surface area contributed by atoms with E-state index in [1.807, 2.05) is 36.4 Å². The van der Waals surface area contributed by atoms with E-state index in [1.54, 1.807) is 18.5 Å². The van der Waals surface area contributed by atoms with E-state index in [0.29, 0.717) is 25.1 Å². The lowest BCUT2D eigenvalue weighted by Gasteiger charge is -2.23. The molecule has 1 aliphatic heterocycles. The van der Waals surface area contributed by atoms with E-state index in [0.717, 1.165) is 22.4 Å². The molecule has 4 rings (SSSR count). The van der Waals surface area contributed by atoms with Crippen molar-refractivity contribution in [1.82, 2.24) is 4.98 Å². The molecule has 24 heavy (non-hydrogen) atoms. The van der Waals surface area contributed by atoms with Gasteiger partial charge in [0.15, 0.2) is 0 Å². The normalized spacial score (nSPS) is 13.9. The van der Waals surface area contributed by atoms with Gasteiger partial charge in [-0.25, -0.2) is 0 Å². The van der Waals surface area contributed by atoms with Gasteiger partial charge in [0, 0.05) is 41.6 Å². The molecule has 0 unspecified atom stereocenters. The Morgan fingerprint density at radius 2 is 2.00 bits per heavy atom. The number of fused-ring (bicyclic) bond motifs is 2. The fourth-order valence-corrected chi connectivity index (χ4v) is 3.13. The second-order valence-electron chi connectivity index (χ2n) is 5.66. The molecule has 0 aliphatic carbocycles. The van der Waals surface area contributed by atoms with Crippen molar-refractivity contribution in [3.63, 3.8) is 0 Å². The van der Waals surface area contributed by atoms with E-state index in [-0.39, 0.29) is 10.6 Å². The van der Waals surface area contributed by atoms with E-state index >= 15 is 0 Å². The highest BCUT2D eigenvalue weighted by Gasteiger charge is 2.20. The maximum Gasteiger partial charge on any atom is 0.278 e. The number of benzene rings is 2. The number of nitro benzene ring substituents is 1. The summed E-state index contributed by atoms with van der Waals surface area (Å²) in [4.78, 5) is 17.1. The molecule has 0 bridgehead atoms. The molecule has 3 aromatic rings. The molecular weight excluding hydrogens is 306 g/mol. The van der Waals surface area contributed by atoms with Crippen molar-refractivity contribution >= 4 is 22.1 Å². The molecule has 2 aromatic carbocycles. The maximum atomic E-state index is 11.3. The van der Waals surface area contributed by atoms with Crippen LogP contribution in [0.1, 0.15) is 5.56 Å². The number of para-hydroxylation sites is 1. The molecule has 0 atom stereocenters. The number of non-ortho nitro benzene ring substituents is 1. The molecule has 0 spiro atoms. The average molecular weight is 321 g/mol. The fraction of sp³-hybridized carbons (Fsp3) is 0.167. The first-order valence-electron chi connectivity index (χ1n) is 7.71. The van der Waals surface area contributed by atoms with Gasteiger partial charge in [-0.2, -0.15) is 0 Å². The SMILES string of the molecule is O=[N+]([O-])c1ccc(N2CCOc3ccccc3C2)c2ccncc12. The Balaban J connectivity index is 1.82. The minimum Gasteiger partial charge on any atom is -0.491 e. The quantitative estimate of drug-likeness (QED) is 0.533. The van der Waals surface area contributed by atoms with Crippen LogP contribution in [0.4, 0.5) is 11.4 Å². The van der Waals surface area contributed by atoms with Gasteiger partial charge in [0.1, 0.15) is 12.4 Å². The van der Waals surface area contributed by atoms with Crippen LogP contribution in [-0.4, -0.2) is 23.1 Å². The predicted octanol–water partition coefficient (Wildman–Crippen LogP) is 3.54. The summed E-state index contributed by atoms with van der Waals surface area (Å²) in [5.41, 5.74) is 2.14. The van der Waals surface area contributed by atoms with Crippen LogP contribution in [-0.2, 0) is 6.54 Å². The van der Waals surface area contributed by atoms with Crippen molar-refractivity contribution in [2.75, 3.05) is 18.1 Å².